The smallest absolute Gasteiger partial charge is 0.270 e. The normalized spacial score (nSPS) is 10.5. The van der Waals surface area contributed by atoms with Crippen LogP contribution in [0, 0.1) is 0 Å². The first-order valence-corrected chi connectivity index (χ1v) is 6.53. The Morgan fingerprint density at radius 3 is 2.90 bits per heavy atom. The minimum atomic E-state index is -0.256. The number of aromatic nitrogens is 2. The summed E-state index contributed by atoms with van der Waals surface area (Å²) in [5.74, 6) is 1.02. The highest BCUT2D eigenvalue weighted by Gasteiger charge is 2.11. The van der Waals surface area contributed by atoms with Crippen LogP contribution in [0.5, 0.6) is 0 Å². The number of hydrogen-bond acceptors (Lipinski definition) is 5. The van der Waals surface area contributed by atoms with Crippen molar-refractivity contribution in [2.45, 2.75) is 6.54 Å². The maximum Gasteiger partial charge on any atom is 0.270 e. The van der Waals surface area contributed by atoms with Gasteiger partial charge in [-0.25, -0.2) is 4.98 Å². The molecule has 21 heavy (non-hydrogen) atoms. The van der Waals surface area contributed by atoms with Crippen LogP contribution in [0.4, 0.5) is 5.82 Å². The van der Waals surface area contributed by atoms with Gasteiger partial charge in [0.15, 0.2) is 5.76 Å². The van der Waals surface area contributed by atoms with Gasteiger partial charge in [0.25, 0.3) is 5.91 Å². The first-order chi connectivity index (χ1) is 10.3. The summed E-state index contributed by atoms with van der Waals surface area (Å²) < 4.78 is 4.94. The summed E-state index contributed by atoms with van der Waals surface area (Å²) in [7, 11) is 1.78. The van der Waals surface area contributed by atoms with Crippen molar-refractivity contribution >= 4 is 22.5 Å². The molecule has 2 heterocycles. The Morgan fingerprint density at radius 2 is 2.14 bits per heavy atom. The largest absolute Gasteiger partial charge is 0.373 e. The molecule has 2 N–H and O–H groups in total. The van der Waals surface area contributed by atoms with Crippen LogP contribution in [0.3, 0.4) is 0 Å². The van der Waals surface area contributed by atoms with Crippen LogP contribution in [0.15, 0.2) is 47.1 Å². The Morgan fingerprint density at radius 1 is 1.29 bits per heavy atom. The van der Waals surface area contributed by atoms with Gasteiger partial charge >= 0.3 is 0 Å². The van der Waals surface area contributed by atoms with Gasteiger partial charge in [-0.2, -0.15) is 0 Å². The highest BCUT2D eigenvalue weighted by atomic mass is 16.5. The fraction of sp³-hybridized carbons (Fsp3) is 0.133. The molecule has 6 nitrogen and oxygen atoms in total. The van der Waals surface area contributed by atoms with E-state index in [2.05, 4.69) is 20.8 Å². The number of fused-ring (bicyclic) bond motifs is 1. The predicted molar refractivity (Wildman–Crippen MR) is 79.0 cm³/mol. The second-order valence-electron chi connectivity index (χ2n) is 4.49. The van der Waals surface area contributed by atoms with Gasteiger partial charge in [-0.15, -0.1) is 0 Å². The van der Waals surface area contributed by atoms with E-state index < -0.39 is 0 Å². The van der Waals surface area contributed by atoms with Crippen LogP contribution < -0.4 is 10.6 Å². The molecule has 0 aliphatic heterocycles. The molecule has 0 radical (unpaired) electrons. The Bertz CT molecular complexity index is 768. The van der Waals surface area contributed by atoms with Crippen molar-refractivity contribution < 1.29 is 9.32 Å². The van der Waals surface area contributed by atoms with Crippen LogP contribution >= 0.6 is 0 Å². The van der Waals surface area contributed by atoms with Crippen LogP contribution in [0.2, 0.25) is 0 Å². The Hall–Kier alpha value is -2.89. The fourth-order valence-corrected chi connectivity index (χ4v) is 2.10. The molecule has 0 atom stereocenters. The van der Waals surface area contributed by atoms with Crippen LogP contribution in [0.1, 0.15) is 16.2 Å². The lowest BCUT2D eigenvalue weighted by Gasteiger charge is -2.08. The number of carbonyl (C=O) groups is 1. The third kappa shape index (κ3) is 2.69. The molecule has 0 fully saturated rings. The molecule has 3 aromatic rings. The number of amides is 1. The van der Waals surface area contributed by atoms with E-state index in [9.17, 15) is 4.79 Å². The first-order valence-electron chi connectivity index (χ1n) is 6.53. The highest BCUT2D eigenvalue weighted by Crippen LogP contribution is 2.22. The molecule has 0 saturated heterocycles. The third-order valence-electron chi connectivity index (χ3n) is 3.12. The number of hydrogen-bond donors (Lipinski definition) is 2. The number of carbonyl (C=O) groups excluding carboxylic acids is 1. The Kier molecular flexibility index (Phi) is 3.51. The van der Waals surface area contributed by atoms with E-state index in [1.54, 1.807) is 19.2 Å². The third-order valence-corrected chi connectivity index (χ3v) is 3.12. The molecule has 1 amide bonds. The molecule has 0 saturated carbocycles. The molecule has 106 valence electrons. The Labute approximate surface area is 121 Å². The van der Waals surface area contributed by atoms with Gasteiger partial charge in [-0.3, -0.25) is 4.79 Å². The topological polar surface area (TPSA) is 80.0 Å². The number of nitrogens with zero attached hydrogens (tertiary/aromatic N) is 2. The van der Waals surface area contributed by atoms with Crippen LogP contribution in [-0.2, 0) is 6.54 Å². The molecule has 0 aliphatic carbocycles. The van der Waals surface area contributed by atoms with E-state index >= 15 is 0 Å². The molecular weight excluding hydrogens is 268 g/mol. The lowest BCUT2D eigenvalue weighted by atomic mass is 10.1. The maximum absolute atomic E-state index is 12.2. The SMILES string of the molecule is CNc1nc(C(=O)NCc2ccno2)cc2ccccc12. The van der Waals surface area contributed by atoms with Gasteiger partial charge in [0, 0.05) is 18.5 Å². The summed E-state index contributed by atoms with van der Waals surface area (Å²) in [6, 6.07) is 11.3. The van der Waals surface area contributed by atoms with E-state index in [1.807, 2.05) is 24.3 Å². The molecule has 0 bridgehead atoms. The van der Waals surface area contributed by atoms with E-state index in [0.717, 1.165) is 10.8 Å². The van der Waals surface area contributed by atoms with Gasteiger partial charge < -0.3 is 15.2 Å². The predicted octanol–water partition coefficient (Wildman–Crippen LogP) is 2.19. The zero-order valence-corrected chi connectivity index (χ0v) is 11.5. The summed E-state index contributed by atoms with van der Waals surface area (Å²) >= 11 is 0. The summed E-state index contributed by atoms with van der Waals surface area (Å²) in [6.07, 6.45) is 1.54. The number of pyridine rings is 1. The molecule has 6 heteroatoms. The molecule has 1 aromatic carbocycles. The van der Waals surface area contributed by atoms with Gasteiger partial charge in [0.05, 0.1) is 12.7 Å². The number of benzene rings is 1. The molecule has 0 aliphatic rings. The van der Waals surface area contributed by atoms with Gasteiger partial charge in [0.2, 0.25) is 0 Å². The van der Waals surface area contributed by atoms with Crippen molar-refractivity contribution in [1.82, 2.24) is 15.5 Å². The second-order valence-corrected chi connectivity index (χ2v) is 4.49. The van der Waals surface area contributed by atoms with Gasteiger partial charge in [-0.1, -0.05) is 29.4 Å². The lowest BCUT2D eigenvalue weighted by molar-refractivity contribution is 0.0942. The van der Waals surface area contributed by atoms with E-state index in [-0.39, 0.29) is 12.5 Å². The van der Waals surface area contributed by atoms with Crippen molar-refractivity contribution in [1.29, 1.82) is 0 Å². The van der Waals surface area contributed by atoms with Crippen molar-refractivity contribution in [3.05, 3.63) is 54.0 Å². The fourth-order valence-electron chi connectivity index (χ4n) is 2.10. The number of nitrogens with one attached hydrogen (secondary N) is 2. The van der Waals surface area contributed by atoms with E-state index in [4.69, 9.17) is 4.52 Å². The second kappa shape index (κ2) is 5.62. The van der Waals surface area contributed by atoms with Crippen molar-refractivity contribution in [2.75, 3.05) is 12.4 Å². The molecule has 0 spiro atoms. The number of anilines is 1. The van der Waals surface area contributed by atoms with Crippen LogP contribution in [-0.4, -0.2) is 23.1 Å². The van der Waals surface area contributed by atoms with Crippen molar-refractivity contribution in [3.63, 3.8) is 0 Å². The quantitative estimate of drug-likeness (QED) is 0.766. The summed E-state index contributed by atoms with van der Waals surface area (Å²) in [6.45, 7) is 0.280. The van der Waals surface area contributed by atoms with E-state index in [1.165, 1.54) is 6.20 Å². The standard InChI is InChI=1S/C15H14N4O2/c1-16-14-12-5-3-2-4-10(12)8-13(19-14)15(20)17-9-11-6-7-18-21-11/h2-8H,9H2,1H3,(H,16,19)(H,17,20). The molecule has 2 aromatic heterocycles. The zero-order valence-electron chi connectivity index (χ0n) is 11.5. The van der Waals surface area contributed by atoms with Gasteiger partial charge in [-0.05, 0) is 11.5 Å². The summed E-state index contributed by atoms with van der Waals surface area (Å²) in [4.78, 5) is 16.5. The van der Waals surface area contributed by atoms with E-state index in [0.29, 0.717) is 17.3 Å². The minimum absolute atomic E-state index is 0.256. The average Bonchev–Trinajstić information content (AvgIpc) is 3.04. The maximum atomic E-state index is 12.2. The molecule has 3 rings (SSSR count). The monoisotopic (exact) mass is 282 g/mol. The van der Waals surface area contributed by atoms with Crippen molar-refractivity contribution in [2.24, 2.45) is 0 Å². The van der Waals surface area contributed by atoms with Crippen molar-refractivity contribution in [3.8, 4) is 0 Å². The summed E-state index contributed by atoms with van der Waals surface area (Å²) in [5.41, 5.74) is 0.359. The van der Waals surface area contributed by atoms with Gasteiger partial charge in [0.1, 0.15) is 11.5 Å². The van der Waals surface area contributed by atoms with Crippen LogP contribution in [0.25, 0.3) is 10.8 Å². The Balaban J connectivity index is 1.87. The molecule has 0 unspecified atom stereocenters. The minimum Gasteiger partial charge on any atom is -0.373 e. The molecular formula is C15H14N4O2. The number of rotatable bonds is 4. The summed E-state index contributed by atoms with van der Waals surface area (Å²) in [5, 5.41) is 11.3. The first kappa shape index (κ1) is 13.1. The highest BCUT2D eigenvalue weighted by molar-refractivity contribution is 6.00. The lowest BCUT2D eigenvalue weighted by Crippen LogP contribution is -2.23. The zero-order chi connectivity index (χ0) is 14.7. The average molecular weight is 282 g/mol.